The van der Waals surface area contributed by atoms with Gasteiger partial charge in [0.25, 0.3) is 0 Å². The Hall–Kier alpha value is -1.65. The molecule has 4 nitrogen and oxygen atoms in total. The summed E-state index contributed by atoms with van der Waals surface area (Å²) < 4.78 is 0. The lowest BCUT2D eigenvalue weighted by Gasteiger charge is -2.19. The van der Waals surface area contributed by atoms with Crippen molar-refractivity contribution in [3.8, 4) is 0 Å². The molecule has 0 aliphatic carbocycles. The van der Waals surface area contributed by atoms with E-state index in [9.17, 15) is 15.0 Å². The number of rotatable bonds is 53. The number of allylic oxidation sites excluding steroid dienone is 7. The van der Waals surface area contributed by atoms with Gasteiger partial charge in [-0.2, -0.15) is 0 Å². The monoisotopic (exact) mass is 896 g/mol. The average Bonchev–Trinajstić information content (AvgIpc) is 3.30. The molecule has 0 rings (SSSR count). The molecule has 376 valence electrons. The smallest absolute Gasteiger partial charge is 0.220 e. The molecule has 0 aromatic rings. The second-order valence-electron chi connectivity index (χ2n) is 19.7. The van der Waals surface area contributed by atoms with Crippen molar-refractivity contribution in [3.63, 3.8) is 0 Å². The third-order valence-corrected chi connectivity index (χ3v) is 13.3. The van der Waals surface area contributed by atoms with Gasteiger partial charge in [0, 0.05) is 6.42 Å². The minimum Gasteiger partial charge on any atom is -0.394 e. The lowest BCUT2D eigenvalue weighted by molar-refractivity contribution is -0.123. The Bertz CT molecular complexity index is 1020. The van der Waals surface area contributed by atoms with E-state index in [1.807, 2.05) is 6.08 Å². The van der Waals surface area contributed by atoms with E-state index in [1.165, 1.54) is 250 Å². The Morgan fingerprint density at radius 2 is 0.656 bits per heavy atom. The molecule has 0 aromatic carbocycles. The van der Waals surface area contributed by atoms with Crippen molar-refractivity contribution in [1.29, 1.82) is 0 Å². The molecular weight excluding hydrogens is 783 g/mol. The van der Waals surface area contributed by atoms with Crippen molar-refractivity contribution >= 4 is 5.91 Å². The normalized spacial score (nSPS) is 13.1. The standard InChI is InChI=1S/C60H113NO3/c1-3-5-7-9-11-13-15-17-19-21-23-25-27-28-29-30-31-32-34-35-37-39-41-43-45-47-49-51-53-55-59(63)58(57-62)61-60(64)56-54-52-50-48-46-44-42-40-38-36-33-26-24-22-20-18-16-14-12-10-8-6-4-2/h16,18,22,24,45,47,53,55,58-59,62-63H,3-15,17,19-21,23,25-44,46,48-52,54,56-57H2,1-2H3,(H,61,64)/b18-16-,24-22-,47-45+,55-53+. The fourth-order valence-electron chi connectivity index (χ4n) is 8.87. The van der Waals surface area contributed by atoms with Crippen LogP contribution in [0.2, 0.25) is 0 Å². The van der Waals surface area contributed by atoms with Crippen LogP contribution in [0.3, 0.4) is 0 Å². The Morgan fingerprint density at radius 1 is 0.375 bits per heavy atom. The van der Waals surface area contributed by atoms with E-state index < -0.39 is 12.1 Å². The number of amides is 1. The highest BCUT2D eigenvalue weighted by molar-refractivity contribution is 5.76. The summed E-state index contributed by atoms with van der Waals surface area (Å²) in [5, 5.41) is 23.2. The predicted octanol–water partition coefficient (Wildman–Crippen LogP) is 19.0. The van der Waals surface area contributed by atoms with Crippen LogP contribution in [-0.2, 0) is 4.79 Å². The van der Waals surface area contributed by atoms with Gasteiger partial charge in [-0.25, -0.2) is 0 Å². The number of hydrogen-bond donors (Lipinski definition) is 3. The zero-order valence-corrected chi connectivity index (χ0v) is 43.3. The molecule has 0 heterocycles. The van der Waals surface area contributed by atoms with E-state index in [0.29, 0.717) is 6.42 Å². The van der Waals surface area contributed by atoms with Crippen LogP contribution in [0.25, 0.3) is 0 Å². The zero-order chi connectivity index (χ0) is 46.3. The van der Waals surface area contributed by atoms with E-state index in [2.05, 4.69) is 55.6 Å². The molecule has 0 radical (unpaired) electrons. The Labute approximate surface area is 401 Å². The largest absolute Gasteiger partial charge is 0.394 e. The molecular formula is C60H113NO3. The van der Waals surface area contributed by atoms with Gasteiger partial charge in [0.1, 0.15) is 0 Å². The minimum absolute atomic E-state index is 0.0733. The fourth-order valence-corrected chi connectivity index (χ4v) is 8.87. The second kappa shape index (κ2) is 55.7. The van der Waals surface area contributed by atoms with Gasteiger partial charge < -0.3 is 15.5 Å². The van der Waals surface area contributed by atoms with Gasteiger partial charge in [-0.05, 0) is 64.2 Å². The summed E-state index contributed by atoms with van der Waals surface area (Å²) in [5.74, 6) is -0.0733. The molecule has 64 heavy (non-hydrogen) atoms. The van der Waals surface area contributed by atoms with E-state index in [4.69, 9.17) is 0 Å². The first-order valence-corrected chi connectivity index (χ1v) is 28.9. The number of aliphatic hydroxyl groups excluding tert-OH is 2. The molecule has 4 heteroatoms. The first-order valence-electron chi connectivity index (χ1n) is 28.9. The van der Waals surface area contributed by atoms with Crippen LogP contribution >= 0.6 is 0 Å². The first kappa shape index (κ1) is 62.4. The topological polar surface area (TPSA) is 69.6 Å². The summed E-state index contributed by atoms with van der Waals surface area (Å²) in [6, 6.07) is -0.642. The summed E-state index contributed by atoms with van der Waals surface area (Å²) in [5.41, 5.74) is 0. The van der Waals surface area contributed by atoms with Crippen molar-refractivity contribution < 1.29 is 15.0 Å². The molecule has 0 fully saturated rings. The highest BCUT2D eigenvalue weighted by atomic mass is 16.3. The summed E-state index contributed by atoms with van der Waals surface area (Å²) in [6.45, 7) is 4.31. The molecule has 2 unspecified atom stereocenters. The average molecular weight is 897 g/mol. The van der Waals surface area contributed by atoms with Crippen LogP contribution in [0, 0.1) is 0 Å². The van der Waals surface area contributed by atoms with Crippen LogP contribution in [0.5, 0.6) is 0 Å². The van der Waals surface area contributed by atoms with Crippen LogP contribution in [0.4, 0.5) is 0 Å². The molecule has 0 spiro atoms. The van der Waals surface area contributed by atoms with Crippen molar-refractivity contribution in [2.45, 2.75) is 321 Å². The number of carbonyl (C=O) groups is 1. The highest BCUT2D eigenvalue weighted by Gasteiger charge is 2.18. The number of unbranched alkanes of at least 4 members (excludes halogenated alkanes) is 40. The van der Waals surface area contributed by atoms with Crippen LogP contribution in [0.1, 0.15) is 309 Å². The van der Waals surface area contributed by atoms with E-state index >= 15 is 0 Å². The van der Waals surface area contributed by atoms with Crippen molar-refractivity contribution in [2.75, 3.05) is 6.61 Å². The lowest BCUT2D eigenvalue weighted by Crippen LogP contribution is -2.45. The number of hydrogen-bond acceptors (Lipinski definition) is 3. The van der Waals surface area contributed by atoms with Crippen molar-refractivity contribution in [2.24, 2.45) is 0 Å². The molecule has 3 N–H and O–H groups in total. The van der Waals surface area contributed by atoms with Gasteiger partial charge in [0.15, 0.2) is 0 Å². The maximum atomic E-state index is 12.5. The number of carbonyl (C=O) groups excluding carboxylic acids is 1. The second-order valence-corrected chi connectivity index (χ2v) is 19.7. The first-order chi connectivity index (χ1) is 31.7. The maximum absolute atomic E-state index is 12.5. The molecule has 0 aromatic heterocycles. The quantitative estimate of drug-likeness (QED) is 0.0421. The van der Waals surface area contributed by atoms with Gasteiger partial charge >= 0.3 is 0 Å². The maximum Gasteiger partial charge on any atom is 0.220 e. The van der Waals surface area contributed by atoms with Gasteiger partial charge in [-0.1, -0.05) is 287 Å². The van der Waals surface area contributed by atoms with Gasteiger partial charge in [-0.3, -0.25) is 4.79 Å². The molecule has 0 bridgehead atoms. The summed E-state index contributed by atoms with van der Waals surface area (Å²) >= 11 is 0. The Balaban J connectivity index is 3.52. The highest BCUT2D eigenvalue weighted by Crippen LogP contribution is 2.17. The Morgan fingerprint density at radius 3 is 1.00 bits per heavy atom. The van der Waals surface area contributed by atoms with Crippen molar-refractivity contribution in [3.05, 3.63) is 48.6 Å². The Kier molecular flexibility index (Phi) is 54.2. The molecule has 0 aliphatic heterocycles. The van der Waals surface area contributed by atoms with Crippen LogP contribution < -0.4 is 5.32 Å². The molecule has 0 saturated heterocycles. The summed E-state index contributed by atoms with van der Waals surface area (Å²) in [6.07, 6.45) is 77.1. The van der Waals surface area contributed by atoms with Crippen LogP contribution in [0.15, 0.2) is 48.6 Å². The SMILES string of the molecule is CCCCCCC/C=C\C/C=C\CCCCCCCCCCCCCC(=O)NC(CO)C(O)/C=C/CC/C=C/CCCCCCCCCCCCCCCCCCCCCCCCC. The van der Waals surface area contributed by atoms with Crippen LogP contribution in [-0.4, -0.2) is 34.9 Å². The molecule has 2 atom stereocenters. The number of nitrogens with one attached hydrogen (secondary N) is 1. The predicted molar refractivity (Wildman–Crippen MR) is 285 cm³/mol. The number of aliphatic hydroxyl groups is 2. The lowest BCUT2D eigenvalue weighted by atomic mass is 10.0. The van der Waals surface area contributed by atoms with E-state index in [1.54, 1.807) is 6.08 Å². The fraction of sp³-hybridized carbons (Fsp3) is 0.850. The zero-order valence-electron chi connectivity index (χ0n) is 43.3. The van der Waals surface area contributed by atoms with Crippen molar-refractivity contribution in [1.82, 2.24) is 5.32 Å². The third kappa shape index (κ3) is 51.3. The van der Waals surface area contributed by atoms with Gasteiger partial charge in [0.2, 0.25) is 5.91 Å². The molecule has 1 amide bonds. The third-order valence-electron chi connectivity index (χ3n) is 13.3. The summed E-state index contributed by atoms with van der Waals surface area (Å²) in [4.78, 5) is 12.5. The minimum atomic E-state index is -0.865. The van der Waals surface area contributed by atoms with Gasteiger partial charge in [-0.15, -0.1) is 0 Å². The van der Waals surface area contributed by atoms with E-state index in [0.717, 1.165) is 38.5 Å². The van der Waals surface area contributed by atoms with E-state index in [-0.39, 0.29) is 12.5 Å². The summed E-state index contributed by atoms with van der Waals surface area (Å²) in [7, 11) is 0. The molecule has 0 aliphatic rings. The van der Waals surface area contributed by atoms with Gasteiger partial charge in [0.05, 0.1) is 18.8 Å². The molecule has 0 saturated carbocycles.